The topological polar surface area (TPSA) is 41.3 Å². The van der Waals surface area contributed by atoms with Crippen molar-refractivity contribution in [2.45, 2.75) is 52.1 Å². The molecule has 1 aliphatic heterocycles. The van der Waals surface area contributed by atoms with Crippen LogP contribution in [0.1, 0.15) is 49.4 Å². The van der Waals surface area contributed by atoms with E-state index in [9.17, 15) is 0 Å². The van der Waals surface area contributed by atoms with Crippen LogP contribution in [0.4, 0.5) is 0 Å². The number of hydrazine groups is 1. The maximum atomic E-state index is 5.88. The van der Waals surface area contributed by atoms with Crippen molar-refractivity contribution in [2.75, 3.05) is 13.1 Å². The van der Waals surface area contributed by atoms with Gasteiger partial charge in [-0.05, 0) is 59.2 Å². The zero-order chi connectivity index (χ0) is 14.0. The first-order valence-electron chi connectivity index (χ1n) is 7.24. The minimum absolute atomic E-state index is 0.0332. The number of hydrogen-bond donors (Lipinski definition) is 2. The number of nitrogens with two attached hydrogens (primary N) is 1. The molecule has 0 bridgehead atoms. The molecule has 0 amide bonds. The van der Waals surface area contributed by atoms with Gasteiger partial charge in [0, 0.05) is 5.54 Å². The summed E-state index contributed by atoms with van der Waals surface area (Å²) in [6.07, 6.45) is 2.60. The summed E-state index contributed by atoms with van der Waals surface area (Å²) < 4.78 is 0. The summed E-state index contributed by atoms with van der Waals surface area (Å²) in [4.78, 5) is 2.55. The fourth-order valence-corrected chi connectivity index (χ4v) is 3.36. The maximum absolute atomic E-state index is 5.88. The monoisotopic (exact) mass is 261 g/mol. The van der Waals surface area contributed by atoms with Gasteiger partial charge in [0.2, 0.25) is 0 Å². The number of benzene rings is 1. The molecule has 1 fully saturated rings. The molecule has 2 rings (SSSR count). The van der Waals surface area contributed by atoms with E-state index in [-0.39, 0.29) is 11.6 Å². The zero-order valence-electron chi connectivity index (χ0n) is 12.7. The lowest BCUT2D eigenvalue weighted by molar-refractivity contribution is 0.107. The molecule has 1 aromatic rings. The molecule has 1 unspecified atom stereocenters. The molecule has 0 radical (unpaired) electrons. The third-order valence-electron chi connectivity index (χ3n) is 4.37. The van der Waals surface area contributed by atoms with Crippen LogP contribution < -0.4 is 11.3 Å². The third-order valence-corrected chi connectivity index (χ3v) is 4.37. The van der Waals surface area contributed by atoms with E-state index in [1.165, 1.54) is 42.6 Å². The van der Waals surface area contributed by atoms with E-state index in [1.54, 1.807) is 0 Å². The van der Waals surface area contributed by atoms with E-state index < -0.39 is 0 Å². The molecule has 0 aliphatic carbocycles. The highest BCUT2D eigenvalue weighted by Crippen LogP contribution is 2.33. The lowest BCUT2D eigenvalue weighted by Gasteiger charge is -2.42. The average Bonchev–Trinajstić information content (AvgIpc) is 2.81. The number of nitrogens with one attached hydrogen (secondary N) is 1. The molecule has 1 saturated heterocycles. The van der Waals surface area contributed by atoms with Gasteiger partial charge in [0.15, 0.2) is 0 Å². The second-order valence-electron chi connectivity index (χ2n) is 6.37. The van der Waals surface area contributed by atoms with Gasteiger partial charge in [-0.25, -0.2) is 0 Å². The van der Waals surface area contributed by atoms with Crippen LogP contribution in [0.2, 0.25) is 0 Å². The molecule has 1 atom stereocenters. The van der Waals surface area contributed by atoms with E-state index in [1.807, 2.05) is 0 Å². The van der Waals surface area contributed by atoms with Gasteiger partial charge in [-0.1, -0.05) is 29.3 Å². The largest absolute Gasteiger partial charge is 0.296 e. The summed E-state index contributed by atoms with van der Waals surface area (Å²) in [5.74, 6) is 5.88. The SMILES string of the molecule is Cc1cc(C)cc(C(NN)C(C)(C)N2CCCC2)c1. The second-order valence-corrected chi connectivity index (χ2v) is 6.37. The Morgan fingerprint density at radius 3 is 2.11 bits per heavy atom. The predicted octanol–water partition coefficient (Wildman–Crippen LogP) is 2.68. The van der Waals surface area contributed by atoms with Crippen molar-refractivity contribution in [3.63, 3.8) is 0 Å². The molecule has 1 aliphatic rings. The third kappa shape index (κ3) is 2.99. The number of rotatable bonds is 4. The highest BCUT2D eigenvalue weighted by atomic mass is 15.3. The Balaban J connectivity index is 2.32. The van der Waals surface area contributed by atoms with Crippen molar-refractivity contribution in [2.24, 2.45) is 5.84 Å². The fourth-order valence-electron chi connectivity index (χ4n) is 3.36. The van der Waals surface area contributed by atoms with Gasteiger partial charge in [0.25, 0.3) is 0 Å². The number of nitrogens with zero attached hydrogens (tertiary/aromatic N) is 1. The van der Waals surface area contributed by atoms with Gasteiger partial charge in [-0.3, -0.25) is 16.2 Å². The first-order chi connectivity index (χ1) is 8.95. The highest BCUT2D eigenvalue weighted by Gasteiger charge is 2.37. The smallest absolute Gasteiger partial charge is 0.0638 e. The van der Waals surface area contributed by atoms with E-state index in [2.05, 4.69) is 56.2 Å². The standard InChI is InChI=1S/C16H27N3/c1-12-9-13(2)11-14(10-12)15(18-17)16(3,4)19-7-5-6-8-19/h9-11,15,18H,5-8,17H2,1-4H3. The molecule has 3 nitrogen and oxygen atoms in total. The first-order valence-corrected chi connectivity index (χ1v) is 7.24. The normalized spacial score (nSPS) is 18.8. The van der Waals surface area contributed by atoms with Crippen LogP contribution in [-0.4, -0.2) is 23.5 Å². The lowest BCUT2D eigenvalue weighted by Crippen LogP contribution is -2.53. The summed E-state index contributed by atoms with van der Waals surface area (Å²) in [6, 6.07) is 6.86. The molecular formula is C16H27N3. The Kier molecular flexibility index (Phi) is 4.29. The van der Waals surface area contributed by atoms with Crippen LogP contribution in [0, 0.1) is 13.8 Å². The van der Waals surface area contributed by atoms with Gasteiger partial charge in [-0.15, -0.1) is 0 Å². The first kappa shape index (κ1) is 14.5. The molecule has 19 heavy (non-hydrogen) atoms. The molecule has 0 spiro atoms. The summed E-state index contributed by atoms with van der Waals surface area (Å²) in [7, 11) is 0. The lowest BCUT2D eigenvalue weighted by atomic mass is 9.86. The molecule has 1 heterocycles. The Morgan fingerprint density at radius 1 is 1.11 bits per heavy atom. The van der Waals surface area contributed by atoms with Crippen LogP contribution in [-0.2, 0) is 0 Å². The van der Waals surface area contributed by atoms with Crippen LogP contribution >= 0.6 is 0 Å². The van der Waals surface area contributed by atoms with Gasteiger partial charge >= 0.3 is 0 Å². The van der Waals surface area contributed by atoms with Crippen LogP contribution in [0.25, 0.3) is 0 Å². The Labute approximate surface area is 117 Å². The fraction of sp³-hybridized carbons (Fsp3) is 0.625. The number of aryl methyl sites for hydroxylation is 2. The van der Waals surface area contributed by atoms with Gasteiger partial charge in [0.1, 0.15) is 0 Å². The number of likely N-dealkylation sites (tertiary alicyclic amines) is 1. The Bertz CT molecular complexity index is 413. The summed E-state index contributed by atoms with van der Waals surface area (Å²) in [5.41, 5.74) is 6.97. The van der Waals surface area contributed by atoms with Crippen molar-refractivity contribution in [3.05, 3.63) is 34.9 Å². The molecule has 0 aromatic heterocycles. The van der Waals surface area contributed by atoms with Crippen molar-refractivity contribution in [1.29, 1.82) is 0 Å². The maximum Gasteiger partial charge on any atom is 0.0638 e. The van der Waals surface area contributed by atoms with Gasteiger partial charge in [-0.2, -0.15) is 0 Å². The van der Waals surface area contributed by atoms with E-state index in [0.29, 0.717) is 0 Å². The van der Waals surface area contributed by atoms with Crippen LogP contribution in [0.3, 0.4) is 0 Å². The van der Waals surface area contributed by atoms with E-state index >= 15 is 0 Å². The van der Waals surface area contributed by atoms with Crippen LogP contribution in [0.15, 0.2) is 18.2 Å². The second kappa shape index (κ2) is 5.61. The molecule has 1 aromatic carbocycles. The summed E-state index contributed by atoms with van der Waals surface area (Å²) in [5, 5.41) is 0. The van der Waals surface area contributed by atoms with Crippen molar-refractivity contribution in [1.82, 2.24) is 10.3 Å². The Morgan fingerprint density at radius 2 is 1.63 bits per heavy atom. The van der Waals surface area contributed by atoms with Crippen molar-refractivity contribution >= 4 is 0 Å². The van der Waals surface area contributed by atoms with E-state index in [0.717, 1.165) is 0 Å². The van der Waals surface area contributed by atoms with Crippen molar-refractivity contribution < 1.29 is 0 Å². The zero-order valence-corrected chi connectivity index (χ0v) is 12.7. The molecule has 3 N–H and O–H groups in total. The minimum Gasteiger partial charge on any atom is -0.296 e. The average molecular weight is 261 g/mol. The summed E-state index contributed by atoms with van der Waals surface area (Å²) in [6.45, 7) is 11.2. The van der Waals surface area contributed by atoms with Gasteiger partial charge < -0.3 is 0 Å². The van der Waals surface area contributed by atoms with E-state index in [4.69, 9.17) is 5.84 Å². The predicted molar refractivity (Wildman–Crippen MR) is 80.9 cm³/mol. The van der Waals surface area contributed by atoms with Gasteiger partial charge in [0.05, 0.1) is 6.04 Å². The minimum atomic E-state index is 0.0332. The molecule has 0 saturated carbocycles. The summed E-state index contributed by atoms with van der Waals surface area (Å²) >= 11 is 0. The number of hydrogen-bond acceptors (Lipinski definition) is 3. The highest BCUT2D eigenvalue weighted by molar-refractivity contribution is 5.32. The molecular weight excluding hydrogens is 234 g/mol. The van der Waals surface area contributed by atoms with Crippen LogP contribution in [0.5, 0.6) is 0 Å². The quantitative estimate of drug-likeness (QED) is 0.647. The molecule has 3 heteroatoms. The van der Waals surface area contributed by atoms with Crippen molar-refractivity contribution in [3.8, 4) is 0 Å². The molecule has 106 valence electrons. The Hall–Kier alpha value is -0.900.